The lowest BCUT2D eigenvalue weighted by Gasteiger charge is -2.26. The Morgan fingerprint density at radius 3 is 2.29 bits per heavy atom. The van der Waals surface area contributed by atoms with Gasteiger partial charge in [0.05, 0.1) is 11.5 Å². The van der Waals surface area contributed by atoms with Crippen LogP contribution in [0.2, 0.25) is 0 Å². The number of rotatable bonds is 6. The number of carboxylic acid groups (broad SMARTS) is 2. The normalized spacial score (nSPS) is 28.2. The summed E-state index contributed by atoms with van der Waals surface area (Å²) in [4.78, 5) is 45.8. The first-order chi connectivity index (χ1) is 11.3. The molecule has 1 aromatic carbocycles. The van der Waals surface area contributed by atoms with Crippen LogP contribution in [0.1, 0.15) is 28.8 Å². The molecule has 3 rings (SSSR count). The molecule has 2 fully saturated rings. The van der Waals surface area contributed by atoms with Crippen molar-refractivity contribution in [2.24, 2.45) is 11.8 Å². The van der Waals surface area contributed by atoms with Crippen molar-refractivity contribution in [3.8, 4) is 0 Å². The van der Waals surface area contributed by atoms with Crippen LogP contribution in [0.4, 0.5) is 4.79 Å². The minimum absolute atomic E-state index is 0.161. The van der Waals surface area contributed by atoms with E-state index in [-0.39, 0.29) is 12.0 Å². The molecule has 1 aliphatic heterocycles. The van der Waals surface area contributed by atoms with Gasteiger partial charge in [0.1, 0.15) is 5.54 Å². The number of urea groups is 1. The summed E-state index contributed by atoms with van der Waals surface area (Å²) >= 11 is 0. The van der Waals surface area contributed by atoms with Gasteiger partial charge in [-0.05, 0) is 37.0 Å². The summed E-state index contributed by atoms with van der Waals surface area (Å²) in [6.07, 6.45) is 1.02. The van der Waals surface area contributed by atoms with Crippen molar-refractivity contribution in [3.05, 3.63) is 35.4 Å². The number of amides is 3. The maximum Gasteiger partial charge on any atom is 0.335 e. The Hall–Kier alpha value is -2.90. The SMILES string of the molecule is O=C1NC(=O)C(CCc2ccc(C(=O)O)cc2)([C@H]2C[C@@H]2C(=O)O)N1. The molecule has 1 saturated carbocycles. The van der Waals surface area contributed by atoms with E-state index in [4.69, 9.17) is 10.2 Å². The molecule has 0 spiro atoms. The maximum absolute atomic E-state index is 12.3. The fraction of sp³-hybridized carbons (Fsp3) is 0.375. The molecule has 24 heavy (non-hydrogen) atoms. The van der Waals surface area contributed by atoms with Crippen molar-refractivity contribution in [2.45, 2.75) is 24.8 Å². The van der Waals surface area contributed by atoms with Crippen LogP contribution >= 0.6 is 0 Å². The van der Waals surface area contributed by atoms with E-state index < -0.39 is 41.3 Å². The second-order valence-corrected chi connectivity index (χ2v) is 6.17. The molecular formula is C16H16N2O6. The highest BCUT2D eigenvalue weighted by Crippen LogP contribution is 2.49. The van der Waals surface area contributed by atoms with E-state index in [0.29, 0.717) is 12.8 Å². The van der Waals surface area contributed by atoms with Crippen LogP contribution in [0.5, 0.6) is 0 Å². The quantitative estimate of drug-likeness (QED) is 0.564. The first-order valence-electron chi connectivity index (χ1n) is 7.52. The molecule has 8 heteroatoms. The molecule has 3 atom stereocenters. The van der Waals surface area contributed by atoms with E-state index in [9.17, 15) is 19.2 Å². The molecule has 0 aromatic heterocycles. The van der Waals surface area contributed by atoms with Gasteiger partial charge in [0, 0.05) is 5.92 Å². The van der Waals surface area contributed by atoms with E-state index >= 15 is 0 Å². The monoisotopic (exact) mass is 332 g/mol. The van der Waals surface area contributed by atoms with Crippen LogP contribution in [0.25, 0.3) is 0 Å². The van der Waals surface area contributed by atoms with Gasteiger partial charge in [0.25, 0.3) is 5.91 Å². The topological polar surface area (TPSA) is 133 Å². The highest BCUT2D eigenvalue weighted by molar-refractivity contribution is 6.08. The molecule has 0 bridgehead atoms. The van der Waals surface area contributed by atoms with Crippen LogP contribution in [-0.4, -0.2) is 39.6 Å². The molecule has 1 aromatic rings. The zero-order valence-corrected chi connectivity index (χ0v) is 12.6. The van der Waals surface area contributed by atoms with Crippen molar-refractivity contribution >= 4 is 23.9 Å². The predicted octanol–water partition coefficient (Wildman–Crippen LogP) is 0.616. The third kappa shape index (κ3) is 2.70. The van der Waals surface area contributed by atoms with Gasteiger partial charge in [-0.1, -0.05) is 12.1 Å². The number of hydrogen-bond donors (Lipinski definition) is 4. The number of carbonyl (C=O) groups is 4. The van der Waals surface area contributed by atoms with Gasteiger partial charge in [-0.15, -0.1) is 0 Å². The summed E-state index contributed by atoms with van der Waals surface area (Å²) in [7, 11) is 0. The maximum atomic E-state index is 12.3. The minimum Gasteiger partial charge on any atom is -0.481 e. The average molecular weight is 332 g/mol. The Kier molecular flexibility index (Phi) is 3.75. The Morgan fingerprint density at radius 1 is 1.17 bits per heavy atom. The lowest BCUT2D eigenvalue weighted by atomic mass is 9.85. The fourth-order valence-electron chi connectivity index (χ4n) is 3.30. The summed E-state index contributed by atoms with van der Waals surface area (Å²) in [5, 5.41) is 22.8. The highest BCUT2D eigenvalue weighted by atomic mass is 16.4. The molecule has 1 aliphatic carbocycles. The lowest BCUT2D eigenvalue weighted by Crippen LogP contribution is -2.50. The number of imide groups is 1. The minimum atomic E-state index is -1.22. The third-order valence-corrected chi connectivity index (χ3v) is 4.72. The Bertz CT molecular complexity index is 729. The fourth-order valence-corrected chi connectivity index (χ4v) is 3.30. The van der Waals surface area contributed by atoms with Crippen LogP contribution in [0.15, 0.2) is 24.3 Å². The molecule has 3 amide bonds. The molecular weight excluding hydrogens is 316 g/mol. The van der Waals surface area contributed by atoms with Gasteiger partial charge >= 0.3 is 18.0 Å². The molecule has 1 heterocycles. The number of aliphatic carboxylic acids is 1. The molecule has 8 nitrogen and oxygen atoms in total. The van der Waals surface area contributed by atoms with Crippen molar-refractivity contribution in [1.29, 1.82) is 0 Å². The highest BCUT2D eigenvalue weighted by Gasteiger charge is 2.62. The molecule has 1 saturated heterocycles. The van der Waals surface area contributed by atoms with Crippen molar-refractivity contribution in [3.63, 3.8) is 0 Å². The predicted molar refractivity (Wildman–Crippen MR) is 80.4 cm³/mol. The second kappa shape index (κ2) is 5.63. The van der Waals surface area contributed by atoms with Gasteiger partial charge in [0.15, 0.2) is 0 Å². The van der Waals surface area contributed by atoms with Gasteiger partial charge in [-0.2, -0.15) is 0 Å². The zero-order valence-electron chi connectivity index (χ0n) is 12.6. The summed E-state index contributed by atoms with van der Waals surface area (Å²) in [6, 6.07) is 5.61. The van der Waals surface area contributed by atoms with Crippen LogP contribution < -0.4 is 10.6 Å². The standard InChI is InChI=1S/C16H16N2O6/c19-12(20)9-3-1-8(2-4-9)5-6-16(11-7-10(11)13(21)22)14(23)17-15(24)18-16/h1-4,10-11H,5-7H2,(H,19,20)(H,21,22)(H2,17,18,23,24)/t10-,11-,16?/m0/s1. The first kappa shape index (κ1) is 16.0. The van der Waals surface area contributed by atoms with E-state index in [1.165, 1.54) is 12.1 Å². The third-order valence-electron chi connectivity index (χ3n) is 4.72. The van der Waals surface area contributed by atoms with Gasteiger partial charge in [-0.25, -0.2) is 9.59 Å². The van der Waals surface area contributed by atoms with E-state index in [2.05, 4.69) is 10.6 Å². The summed E-state index contributed by atoms with van der Waals surface area (Å²) in [5.41, 5.74) is -0.250. The van der Waals surface area contributed by atoms with E-state index in [1.54, 1.807) is 12.1 Å². The second-order valence-electron chi connectivity index (χ2n) is 6.17. The van der Waals surface area contributed by atoms with Crippen LogP contribution in [0, 0.1) is 11.8 Å². The largest absolute Gasteiger partial charge is 0.481 e. The molecule has 4 N–H and O–H groups in total. The number of nitrogens with one attached hydrogen (secondary N) is 2. The number of hydrogen-bond acceptors (Lipinski definition) is 4. The lowest BCUT2D eigenvalue weighted by molar-refractivity contribution is -0.139. The van der Waals surface area contributed by atoms with E-state index in [1.807, 2.05) is 0 Å². The Labute approximate surface area is 136 Å². The summed E-state index contributed by atoms with van der Waals surface area (Å²) in [5.74, 6) is -3.56. The van der Waals surface area contributed by atoms with Crippen molar-refractivity contribution in [1.82, 2.24) is 10.6 Å². The molecule has 0 radical (unpaired) electrons. The number of aryl methyl sites for hydroxylation is 1. The molecule has 1 unspecified atom stereocenters. The van der Waals surface area contributed by atoms with Gasteiger partial charge in [-0.3, -0.25) is 14.9 Å². The molecule has 126 valence electrons. The number of benzene rings is 1. The number of aromatic carboxylic acids is 1. The van der Waals surface area contributed by atoms with Crippen LogP contribution in [-0.2, 0) is 16.0 Å². The summed E-state index contributed by atoms with van der Waals surface area (Å²) < 4.78 is 0. The zero-order chi connectivity index (χ0) is 17.5. The smallest absolute Gasteiger partial charge is 0.335 e. The number of carbonyl (C=O) groups excluding carboxylic acids is 2. The van der Waals surface area contributed by atoms with Crippen LogP contribution in [0.3, 0.4) is 0 Å². The van der Waals surface area contributed by atoms with E-state index in [0.717, 1.165) is 5.56 Å². The first-order valence-corrected chi connectivity index (χ1v) is 7.52. The van der Waals surface area contributed by atoms with Gasteiger partial charge in [0.2, 0.25) is 0 Å². The average Bonchev–Trinajstić information content (AvgIpc) is 3.27. The number of carboxylic acids is 2. The summed E-state index contributed by atoms with van der Waals surface area (Å²) in [6.45, 7) is 0. The Morgan fingerprint density at radius 2 is 1.83 bits per heavy atom. The van der Waals surface area contributed by atoms with Gasteiger partial charge < -0.3 is 15.5 Å². The van der Waals surface area contributed by atoms with Crippen molar-refractivity contribution < 1.29 is 29.4 Å². The Balaban J connectivity index is 1.76. The van der Waals surface area contributed by atoms with Crippen molar-refractivity contribution in [2.75, 3.05) is 0 Å². The molecule has 2 aliphatic rings.